The number of aromatic nitrogens is 3. The van der Waals surface area contributed by atoms with Crippen molar-refractivity contribution in [1.82, 2.24) is 20.5 Å². The van der Waals surface area contributed by atoms with Gasteiger partial charge in [-0.05, 0) is 19.0 Å². The summed E-state index contributed by atoms with van der Waals surface area (Å²) in [5.41, 5.74) is 0.633. The standard InChI is InChI=1S/C11H14FN5S/c1-17(8-2-4-13-6-7(8)12)11-15-10-9(18-11)3-5-14-16-10/h3,5,7-8,13H,2,4,6H2,1H3/t7-,8+/m1/s1. The Bertz CT molecular complexity index is 512. The molecule has 3 heterocycles. The van der Waals surface area contributed by atoms with Crippen LogP contribution in [0.2, 0.25) is 0 Å². The van der Waals surface area contributed by atoms with Crippen LogP contribution in [0.25, 0.3) is 10.3 Å². The molecule has 1 N–H and O–H groups in total. The topological polar surface area (TPSA) is 53.9 Å². The summed E-state index contributed by atoms with van der Waals surface area (Å²) in [5.74, 6) is 0. The smallest absolute Gasteiger partial charge is 0.194 e. The Labute approximate surface area is 108 Å². The Hall–Kier alpha value is -1.34. The molecule has 3 rings (SSSR count). The zero-order valence-electron chi connectivity index (χ0n) is 10.0. The van der Waals surface area contributed by atoms with Gasteiger partial charge in [-0.15, -0.1) is 5.10 Å². The Morgan fingerprint density at radius 3 is 3.22 bits per heavy atom. The van der Waals surface area contributed by atoms with Crippen LogP contribution in [-0.2, 0) is 0 Å². The van der Waals surface area contributed by atoms with E-state index in [2.05, 4.69) is 20.5 Å². The normalized spacial score (nSPS) is 24.3. The molecule has 0 aliphatic carbocycles. The van der Waals surface area contributed by atoms with Crippen LogP contribution in [0.4, 0.5) is 9.52 Å². The molecule has 1 aliphatic heterocycles. The molecular formula is C11H14FN5S. The number of thiazole rings is 1. The van der Waals surface area contributed by atoms with Crippen LogP contribution >= 0.6 is 11.3 Å². The monoisotopic (exact) mass is 267 g/mol. The number of nitrogens with zero attached hydrogens (tertiary/aromatic N) is 4. The van der Waals surface area contributed by atoms with Gasteiger partial charge in [-0.1, -0.05) is 11.3 Å². The maximum Gasteiger partial charge on any atom is 0.194 e. The lowest BCUT2D eigenvalue weighted by molar-refractivity contribution is 0.228. The minimum atomic E-state index is -0.859. The second-order valence-corrected chi connectivity index (χ2v) is 5.41. The number of rotatable bonds is 2. The van der Waals surface area contributed by atoms with Crippen molar-refractivity contribution in [3.63, 3.8) is 0 Å². The van der Waals surface area contributed by atoms with Gasteiger partial charge in [0.1, 0.15) is 6.17 Å². The molecule has 2 aromatic rings. The van der Waals surface area contributed by atoms with E-state index in [0.29, 0.717) is 12.2 Å². The fourth-order valence-electron chi connectivity index (χ4n) is 2.22. The third-order valence-corrected chi connectivity index (χ3v) is 4.34. The number of alkyl halides is 1. The van der Waals surface area contributed by atoms with Gasteiger partial charge in [0.25, 0.3) is 0 Å². The number of nitrogens with one attached hydrogen (secondary N) is 1. The third-order valence-electron chi connectivity index (χ3n) is 3.24. The van der Waals surface area contributed by atoms with Crippen LogP contribution in [0.5, 0.6) is 0 Å². The van der Waals surface area contributed by atoms with Gasteiger partial charge in [-0.25, -0.2) is 4.39 Å². The van der Waals surface area contributed by atoms with Crippen molar-refractivity contribution in [3.8, 4) is 0 Å². The molecule has 18 heavy (non-hydrogen) atoms. The summed E-state index contributed by atoms with van der Waals surface area (Å²) >= 11 is 1.53. The molecule has 0 radical (unpaired) electrons. The van der Waals surface area contributed by atoms with Crippen molar-refractivity contribution in [1.29, 1.82) is 0 Å². The second kappa shape index (κ2) is 4.74. The maximum atomic E-state index is 13.9. The quantitative estimate of drug-likeness (QED) is 0.886. The lowest BCUT2D eigenvalue weighted by atomic mass is 10.0. The summed E-state index contributed by atoms with van der Waals surface area (Å²) < 4.78 is 14.9. The maximum absolute atomic E-state index is 13.9. The summed E-state index contributed by atoms with van der Waals surface area (Å²) in [6.45, 7) is 1.26. The summed E-state index contributed by atoms with van der Waals surface area (Å²) in [6.07, 6.45) is 1.58. The molecule has 7 heteroatoms. The number of halogens is 1. The Balaban J connectivity index is 1.88. The molecule has 0 amide bonds. The third kappa shape index (κ3) is 2.04. The van der Waals surface area contributed by atoms with Gasteiger partial charge in [0.2, 0.25) is 0 Å². The largest absolute Gasteiger partial charge is 0.345 e. The molecule has 0 aromatic carbocycles. The van der Waals surface area contributed by atoms with Gasteiger partial charge in [-0.3, -0.25) is 0 Å². The van der Waals surface area contributed by atoms with Crippen molar-refractivity contribution < 1.29 is 4.39 Å². The van der Waals surface area contributed by atoms with Crippen LogP contribution in [0.15, 0.2) is 12.3 Å². The van der Waals surface area contributed by atoms with Crippen LogP contribution in [-0.4, -0.2) is 47.5 Å². The van der Waals surface area contributed by atoms with E-state index in [0.717, 1.165) is 22.8 Å². The number of piperidine rings is 1. The van der Waals surface area contributed by atoms with E-state index < -0.39 is 6.17 Å². The van der Waals surface area contributed by atoms with Crippen molar-refractivity contribution >= 4 is 26.8 Å². The summed E-state index contributed by atoms with van der Waals surface area (Å²) in [7, 11) is 1.90. The van der Waals surface area contributed by atoms with E-state index in [1.54, 1.807) is 6.20 Å². The molecule has 0 unspecified atom stereocenters. The van der Waals surface area contributed by atoms with Gasteiger partial charge in [0.15, 0.2) is 10.8 Å². The van der Waals surface area contributed by atoms with Crippen molar-refractivity contribution in [2.24, 2.45) is 0 Å². The van der Waals surface area contributed by atoms with Gasteiger partial charge >= 0.3 is 0 Å². The van der Waals surface area contributed by atoms with Crippen LogP contribution in [0.1, 0.15) is 6.42 Å². The molecule has 1 saturated heterocycles. The van der Waals surface area contributed by atoms with Crippen LogP contribution in [0.3, 0.4) is 0 Å². The van der Waals surface area contributed by atoms with E-state index >= 15 is 0 Å². The highest BCUT2D eigenvalue weighted by molar-refractivity contribution is 7.22. The van der Waals surface area contributed by atoms with Crippen LogP contribution in [0, 0.1) is 0 Å². The van der Waals surface area contributed by atoms with E-state index in [-0.39, 0.29) is 6.04 Å². The minimum absolute atomic E-state index is 0.111. The predicted octanol–water partition coefficient (Wildman–Crippen LogP) is 1.22. The van der Waals surface area contributed by atoms with Crippen molar-refractivity contribution in [2.75, 3.05) is 25.0 Å². The highest BCUT2D eigenvalue weighted by Gasteiger charge is 2.29. The van der Waals surface area contributed by atoms with Crippen molar-refractivity contribution in [3.05, 3.63) is 12.3 Å². The van der Waals surface area contributed by atoms with E-state index in [9.17, 15) is 4.39 Å². The Kier molecular flexibility index (Phi) is 3.09. The molecule has 1 fully saturated rings. The highest BCUT2D eigenvalue weighted by Crippen LogP contribution is 2.29. The first kappa shape index (κ1) is 11.7. The first-order valence-corrected chi connectivity index (χ1v) is 6.73. The lowest BCUT2D eigenvalue weighted by Crippen LogP contribution is -2.49. The molecule has 2 aromatic heterocycles. The Morgan fingerprint density at radius 1 is 1.56 bits per heavy atom. The minimum Gasteiger partial charge on any atom is -0.345 e. The van der Waals surface area contributed by atoms with Gasteiger partial charge < -0.3 is 10.2 Å². The Morgan fingerprint density at radius 2 is 2.44 bits per heavy atom. The summed E-state index contributed by atoms with van der Waals surface area (Å²) in [5, 5.41) is 11.6. The lowest BCUT2D eigenvalue weighted by Gasteiger charge is -2.33. The SMILES string of the molecule is CN(c1nc2nnccc2s1)[C@H]1CCNC[C@H]1F. The van der Waals surface area contributed by atoms with E-state index in [1.165, 1.54) is 11.3 Å². The second-order valence-electron chi connectivity index (χ2n) is 4.40. The number of anilines is 1. The highest BCUT2D eigenvalue weighted by atomic mass is 32.1. The van der Waals surface area contributed by atoms with Crippen molar-refractivity contribution in [2.45, 2.75) is 18.6 Å². The first-order chi connectivity index (χ1) is 8.75. The zero-order chi connectivity index (χ0) is 12.5. The average Bonchev–Trinajstić information content (AvgIpc) is 2.82. The molecule has 96 valence electrons. The number of hydrogen-bond donors (Lipinski definition) is 1. The summed E-state index contributed by atoms with van der Waals surface area (Å²) in [4.78, 5) is 6.33. The fourth-order valence-corrected chi connectivity index (χ4v) is 3.13. The molecule has 5 nitrogen and oxygen atoms in total. The molecule has 0 saturated carbocycles. The van der Waals surface area contributed by atoms with Crippen LogP contribution < -0.4 is 10.2 Å². The molecule has 0 spiro atoms. The molecule has 1 aliphatic rings. The first-order valence-electron chi connectivity index (χ1n) is 5.91. The number of hydrogen-bond acceptors (Lipinski definition) is 6. The predicted molar refractivity (Wildman–Crippen MR) is 69.8 cm³/mol. The summed E-state index contributed by atoms with van der Waals surface area (Å²) in [6, 6.07) is 1.77. The van der Waals surface area contributed by atoms with E-state index in [4.69, 9.17) is 0 Å². The van der Waals surface area contributed by atoms with E-state index in [1.807, 2.05) is 18.0 Å². The van der Waals surface area contributed by atoms with Gasteiger partial charge in [0.05, 0.1) is 16.9 Å². The van der Waals surface area contributed by atoms with Gasteiger partial charge in [-0.2, -0.15) is 10.1 Å². The fraction of sp³-hybridized carbons (Fsp3) is 0.545. The number of fused-ring (bicyclic) bond motifs is 1. The zero-order valence-corrected chi connectivity index (χ0v) is 10.8. The van der Waals surface area contributed by atoms with Gasteiger partial charge in [0, 0.05) is 13.6 Å². The molecule has 2 atom stereocenters. The average molecular weight is 267 g/mol. The molecular weight excluding hydrogens is 253 g/mol. The molecule has 0 bridgehead atoms.